The van der Waals surface area contributed by atoms with Crippen molar-refractivity contribution in [2.45, 2.75) is 71.9 Å². The van der Waals surface area contributed by atoms with Crippen LogP contribution >= 0.6 is 0 Å². The van der Waals surface area contributed by atoms with Gasteiger partial charge in [0.15, 0.2) is 0 Å². The zero-order valence-electron chi connectivity index (χ0n) is 15.1. The van der Waals surface area contributed by atoms with Gasteiger partial charge in [0.25, 0.3) is 0 Å². The highest BCUT2D eigenvalue weighted by Gasteiger charge is 2.25. The van der Waals surface area contributed by atoms with Gasteiger partial charge >= 0.3 is 0 Å². The zero-order chi connectivity index (χ0) is 17.5. The fourth-order valence-electron chi connectivity index (χ4n) is 3.12. The predicted molar refractivity (Wildman–Crippen MR) is 90.9 cm³/mol. The molecule has 0 aliphatic carbocycles. The van der Waals surface area contributed by atoms with Crippen LogP contribution in [0.25, 0.3) is 0 Å². The van der Waals surface area contributed by atoms with E-state index < -0.39 is 0 Å². The largest absolute Gasteiger partial charge is 0.361 e. The van der Waals surface area contributed by atoms with Gasteiger partial charge in [-0.3, -0.25) is 4.79 Å². The molecule has 3 rings (SSSR count). The Hall–Kier alpha value is -2.11. The molecule has 3 heterocycles. The Morgan fingerprint density at radius 2 is 2.17 bits per heavy atom. The summed E-state index contributed by atoms with van der Waals surface area (Å²) in [5.41, 5.74) is 2.84. The average molecular weight is 330 g/mol. The molecule has 2 aromatic rings. The van der Waals surface area contributed by atoms with Gasteiger partial charge in [0.05, 0.1) is 17.8 Å². The topological polar surface area (TPSA) is 73.0 Å². The number of carbonyl (C=O) groups excluding carboxylic acids is 1. The van der Waals surface area contributed by atoms with Crippen LogP contribution in [0.5, 0.6) is 0 Å². The van der Waals surface area contributed by atoms with Gasteiger partial charge in [0, 0.05) is 36.2 Å². The summed E-state index contributed by atoms with van der Waals surface area (Å²) in [4.78, 5) is 17.1. The first-order valence-corrected chi connectivity index (χ1v) is 8.51. The van der Waals surface area contributed by atoms with Crippen LogP contribution in [0, 0.1) is 13.8 Å². The van der Waals surface area contributed by atoms with Gasteiger partial charge in [-0.25, -0.2) is 4.98 Å². The van der Waals surface area contributed by atoms with Crippen molar-refractivity contribution in [2.24, 2.45) is 0 Å². The molecular weight excluding hydrogens is 304 g/mol. The number of aryl methyl sites for hydroxylation is 3. The molecule has 130 valence electrons. The molecule has 0 spiro atoms. The van der Waals surface area contributed by atoms with E-state index in [-0.39, 0.29) is 17.4 Å². The van der Waals surface area contributed by atoms with E-state index >= 15 is 0 Å². The lowest BCUT2D eigenvalue weighted by molar-refractivity contribution is -0.121. The maximum atomic E-state index is 12.4. The number of carbonyl (C=O) groups is 1. The molecule has 0 bridgehead atoms. The van der Waals surface area contributed by atoms with Gasteiger partial charge in [-0.05, 0) is 20.3 Å². The van der Waals surface area contributed by atoms with Crippen molar-refractivity contribution in [2.75, 3.05) is 0 Å². The number of hydrogen-bond donors (Lipinski definition) is 1. The molecule has 0 saturated carbocycles. The average Bonchev–Trinajstić information content (AvgIpc) is 3.05. The highest BCUT2D eigenvalue weighted by molar-refractivity contribution is 5.79. The summed E-state index contributed by atoms with van der Waals surface area (Å²) in [5.74, 6) is 1.86. The first-order valence-electron chi connectivity index (χ1n) is 8.51. The van der Waals surface area contributed by atoms with Crippen LogP contribution < -0.4 is 5.32 Å². The SMILES string of the molecule is Cc1noc(C)c1CC(=O)N[C@@H]1CCc2nc(C(C)(C)C)cn2C1. The number of aromatic nitrogens is 3. The molecule has 1 atom stereocenters. The van der Waals surface area contributed by atoms with Gasteiger partial charge < -0.3 is 14.4 Å². The highest BCUT2D eigenvalue weighted by atomic mass is 16.5. The normalized spacial score (nSPS) is 17.6. The molecule has 1 N–H and O–H groups in total. The standard InChI is InChI=1S/C18H26N4O2/c1-11-14(12(2)24-21-11)8-17(23)19-13-6-7-16-20-15(18(3,4)5)10-22(16)9-13/h10,13H,6-9H2,1-5H3,(H,19,23)/t13-/m1/s1. The Balaban J connectivity index is 1.63. The van der Waals surface area contributed by atoms with Gasteiger partial charge in [-0.15, -0.1) is 0 Å². The molecular formula is C18H26N4O2. The van der Waals surface area contributed by atoms with Crippen LogP contribution in [0.4, 0.5) is 0 Å². The lowest BCUT2D eigenvalue weighted by Crippen LogP contribution is -2.41. The molecule has 0 fully saturated rings. The monoisotopic (exact) mass is 330 g/mol. The van der Waals surface area contributed by atoms with Crippen LogP contribution in [0.1, 0.15) is 55.7 Å². The van der Waals surface area contributed by atoms with Gasteiger partial charge in [-0.1, -0.05) is 25.9 Å². The number of imidazole rings is 1. The molecule has 0 saturated heterocycles. The molecule has 0 unspecified atom stereocenters. The summed E-state index contributed by atoms with van der Waals surface area (Å²) < 4.78 is 7.31. The maximum absolute atomic E-state index is 12.4. The summed E-state index contributed by atoms with van der Waals surface area (Å²) >= 11 is 0. The van der Waals surface area contributed by atoms with E-state index in [1.807, 2.05) is 13.8 Å². The third-order valence-electron chi connectivity index (χ3n) is 4.64. The van der Waals surface area contributed by atoms with E-state index in [9.17, 15) is 4.79 Å². The molecule has 1 amide bonds. The van der Waals surface area contributed by atoms with Crippen LogP contribution in [0.2, 0.25) is 0 Å². The van der Waals surface area contributed by atoms with Crippen molar-refractivity contribution in [1.82, 2.24) is 20.0 Å². The molecule has 6 nitrogen and oxygen atoms in total. The molecule has 1 aliphatic heterocycles. The first-order chi connectivity index (χ1) is 11.2. The van der Waals surface area contributed by atoms with Crippen LogP contribution in [0.15, 0.2) is 10.7 Å². The number of nitrogens with zero attached hydrogens (tertiary/aromatic N) is 3. The Morgan fingerprint density at radius 3 is 2.79 bits per heavy atom. The second-order valence-electron chi connectivity index (χ2n) is 7.73. The van der Waals surface area contributed by atoms with Crippen LogP contribution in [-0.2, 0) is 29.6 Å². The van der Waals surface area contributed by atoms with E-state index in [4.69, 9.17) is 9.51 Å². The fraction of sp³-hybridized carbons (Fsp3) is 0.611. The van der Waals surface area contributed by atoms with E-state index in [1.54, 1.807) is 0 Å². The van der Waals surface area contributed by atoms with Gasteiger partial charge in [0.1, 0.15) is 11.6 Å². The predicted octanol–water partition coefficient (Wildman–Crippen LogP) is 2.46. The minimum Gasteiger partial charge on any atom is -0.361 e. The number of rotatable bonds is 3. The zero-order valence-corrected chi connectivity index (χ0v) is 15.1. The summed E-state index contributed by atoms with van der Waals surface area (Å²) in [6.45, 7) is 11.0. The van der Waals surface area contributed by atoms with Crippen LogP contribution in [0.3, 0.4) is 0 Å². The van der Waals surface area contributed by atoms with Crippen molar-refractivity contribution in [3.8, 4) is 0 Å². The van der Waals surface area contributed by atoms with Crippen molar-refractivity contribution in [3.63, 3.8) is 0 Å². The molecule has 6 heteroatoms. The van der Waals surface area contributed by atoms with Gasteiger partial charge in [-0.2, -0.15) is 0 Å². The van der Waals surface area contributed by atoms with Crippen LogP contribution in [-0.4, -0.2) is 26.7 Å². The smallest absolute Gasteiger partial charge is 0.224 e. The van der Waals surface area contributed by atoms with E-state index in [1.165, 1.54) is 0 Å². The molecule has 0 radical (unpaired) electrons. The first kappa shape index (κ1) is 16.7. The van der Waals surface area contributed by atoms with Crippen molar-refractivity contribution in [1.29, 1.82) is 0 Å². The Bertz CT molecular complexity index is 732. The molecule has 0 aromatic carbocycles. The Morgan fingerprint density at radius 1 is 1.42 bits per heavy atom. The highest BCUT2D eigenvalue weighted by Crippen LogP contribution is 2.24. The van der Waals surface area contributed by atoms with E-state index in [0.717, 1.165) is 47.9 Å². The third kappa shape index (κ3) is 3.37. The Kier molecular flexibility index (Phi) is 4.24. The van der Waals surface area contributed by atoms with Crippen molar-refractivity contribution in [3.05, 3.63) is 34.7 Å². The second kappa shape index (κ2) is 6.07. The molecule has 24 heavy (non-hydrogen) atoms. The maximum Gasteiger partial charge on any atom is 0.224 e. The third-order valence-corrected chi connectivity index (χ3v) is 4.64. The van der Waals surface area contributed by atoms with E-state index in [2.05, 4.69) is 42.0 Å². The number of hydrogen-bond acceptors (Lipinski definition) is 4. The Labute approximate surface area is 142 Å². The minimum absolute atomic E-state index is 0.0222. The summed E-state index contributed by atoms with van der Waals surface area (Å²) in [7, 11) is 0. The number of nitrogens with one attached hydrogen (secondary N) is 1. The minimum atomic E-state index is 0.0222. The lowest BCUT2D eigenvalue weighted by atomic mass is 9.93. The number of amides is 1. The van der Waals surface area contributed by atoms with Crippen molar-refractivity contribution >= 4 is 5.91 Å². The lowest BCUT2D eigenvalue weighted by Gasteiger charge is -2.24. The summed E-state index contributed by atoms with van der Waals surface area (Å²) in [6, 6.07) is 0.146. The summed E-state index contributed by atoms with van der Waals surface area (Å²) in [5, 5.41) is 7.05. The summed E-state index contributed by atoms with van der Waals surface area (Å²) in [6.07, 6.45) is 4.27. The van der Waals surface area contributed by atoms with Crippen molar-refractivity contribution < 1.29 is 9.32 Å². The second-order valence-corrected chi connectivity index (χ2v) is 7.73. The number of fused-ring (bicyclic) bond motifs is 1. The van der Waals surface area contributed by atoms with Gasteiger partial charge in [0.2, 0.25) is 5.91 Å². The molecule has 1 aliphatic rings. The molecule has 2 aromatic heterocycles. The quantitative estimate of drug-likeness (QED) is 0.938. The fourth-order valence-corrected chi connectivity index (χ4v) is 3.12. The van der Waals surface area contributed by atoms with E-state index in [0.29, 0.717) is 6.42 Å².